The number of carbonyl (C=O) groups excluding carboxylic acids is 2. The molecule has 0 bridgehead atoms. The van der Waals surface area contributed by atoms with E-state index in [0.29, 0.717) is 27.9 Å². The molecule has 0 saturated carbocycles. The SMILES string of the molecule is Cc1cc(C(=O)O[C@H](C(=O)N(C)C)c2ccccc2)c2cnn(C(C)C)c2n1. The molecule has 0 aliphatic heterocycles. The fraction of sp³-hybridized carbons (Fsp3) is 0.333. The second-order valence-electron chi connectivity index (χ2n) is 7.16. The van der Waals surface area contributed by atoms with Crippen LogP contribution in [0.2, 0.25) is 0 Å². The Morgan fingerprint density at radius 1 is 1.14 bits per heavy atom. The molecule has 2 aromatic heterocycles. The van der Waals surface area contributed by atoms with Gasteiger partial charge in [0.15, 0.2) is 5.65 Å². The average Bonchev–Trinajstić information content (AvgIpc) is 3.09. The molecule has 146 valence electrons. The molecule has 0 aliphatic rings. The van der Waals surface area contributed by atoms with Gasteiger partial charge in [-0.25, -0.2) is 14.5 Å². The average molecular weight is 380 g/mol. The highest BCUT2D eigenvalue weighted by molar-refractivity contribution is 6.03. The molecule has 0 spiro atoms. The minimum Gasteiger partial charge on any atom is -0.444 e. The van der Waals surface area contributed by atoms with Crippen LogP contribution in [0.3, 0.4) is 0 Å². The second kappa shape index (κ2) is 7.80. The summed E-state index contributed by atoms with van der Waals surface area (Å²) in [6, 6.07) is 10.8. The maximum absolute atomic E-state index is 13.0. The normalized spacial score (nSPS) is 12.2. The number of rotatable bonds is 5. The number of carbonyl (C=O) groups is 2. The predicted octanol–water partition coefficient (Wildman–Crippen LogP) is 3.31. The van der Waals surface area contributed by atoms with E-state index in [-0.39, 0.29) is 11.9 Å². The second-order valence-corrected chi connectivity index (χ2v) is 7.16. The van der Waals surface area contributed by atoms with Crippen LogP contribution >= 0.6 is 0 Å². The van der Waals surface area contributed by atoms with Crippen LogP contribution in [0.15, 0.2) is 42.6 Å². The van der Waals surface area contributed by atoms with Gasteiger partial charge in [-0.05, 0) is 26.8 Å². The van der Waals surface area contributed by atoms with Gasteiger partial charge in [0.2, 0.25) is 6.10 Å². The first-order chi connectivity index (χ1) is 13.3. The summed E-state index contributed by atoms with van der Waals surface area (Å²) < 4.78 is 7.45. The van der Waals surface area contributed by atoms with Gasteiger partial charge in [-0.1, -0.05) is 30.3 Å². The molecule has 0 N–H and O–H groups in total. The summed E-state index contributed by atoms with van der Waals surface area (Å²) >= 11 is 0. The van der Waals surface area contributed by atoms with Crippen LogP contribution in [0.1, 0.15) is 47.6 Å². The van der Waals surface area contributed by atoms with E-state index in [4.69, 9.17) is 4.74 Å². The molecular formula is C21H24N4O3. The van der Waals surface area contributed by atoms with Crippen LogP contribution in [-0.2, 0) is 9.53 Å². The van der Waals surface area contributed by atoms with Gasteiger partial charge in [0, 0.05) is 31.4 Å². The van der Waals surface area contributed by atoms with Gasteiger partial charge in [-0.15, -0.1) is 0 Å². The number of esters is 1. The number of amides is 1. The lowest BCUT2D eigenvalue weighted by atomic mass is 10.1. The topological polar surface area (TPSA) is 77.3 Å². The molecule has 1 aromatic carbocycles. The van der Waals surface area contributed by atoms with Crippen molar-refractivity contribution in [2.45, 2.75) is 32.9 Å². The van der Waals surface area contributed by atoms with E-state index in [2.05, 4.69) is 10.1 Å². The smallest absolute Gasteiger partial charge is 0.340 e. The van der Waals surface area contributed by atoms with Gasteiger partial charge in [0.1, 0.15) is 0 Å². The number of aryl methyl sites for hydroxylation is 1. The Labute approximate surface area is 163 Å². The van der Waals surface area contributed by atoms with E-state index in [0.717, 1.165) is 0 Å². The van der Waals surface area contributed by atoms with Crippen molar-refractivity contribution in [1.29, 1.82) is 0 Å². The van der Waals surface area contributed by atoms with Crippen molar-refractivity contribution >= 4 is 22.9 Å². The van der Waals surface area contributed by atoms with E-state index in [1.807, 2.05) is 26.8 Å². The third kappa shape index (κ3) is 3.74. The molecule has 1 amide bonds. The molecule has 3 rings (SSSR count). The summed E-state index contributed by atoms with van der Waals surface area (Å²) in [7, 11) is 3.27. The molecule has 0 radical (unpaired) electrons. The van der Waals surface area contributed by atoms with Crippen LogP contribution in [-0.4, -0.2) is 45.6 Å². The number of nitrogens with zero attached hydrogens (tertiary/aromatic N) is 4. The zero-order chi connectivity index (χ0) is 20.4. The van der Waals surface area contributed by atoms with Crippen LogP contribution in [0.5, 0.6) is 0 Å². The molecule has 2 heterocycles. The van der Waals surface area contributed by atoms with E-state index < -0.39 is 12.1 Å². The van der Waals surface area contributed by atoms with Crippen LogP contribution < -0.4 is 0 Å². The molecule has 0 saturated heterocycles. The molecular weight excluding hydrogens is 356 g/mol. The minimum absolute atomic E-state index is 0.100. The molecule has 0 fully saturated rings. The highest BCUT2D eigenvalue weighted by Gasteiger charge is 2.28. The fourth-order valence-corrected chi connectivity index (χ4v) is 2.98. The molecule has 0 unspecified atom stereocenters. The quantitative estimate of drug-likeness (QED) is 0.635. The van der Waals surface area contributed by atoms with Crippen molar-refractivity contribution in [3.05, 3.63) is 59.4 Å². The lowest BCUT2D eigenvalue weighted by Gasteiger charge is -2.21. The van der Waals surface area contributed by atoms with Gasteiger partial charge < -0.3 is 9.64 Å². The number of aromatic nitrogens is 3. The monoisotopic (exact) mass is 380 g/mol. The Morgan fingerprint density at radius 3 is 2.43 bits per heavy atom. The van der Waals surface area contributed by atoms with Crippen molar-refractivity contribution < 1.29 is 14.3 Å². The van der Waals surface area contributed by atoms with Crippen molar-refractivity contribution in [2.24, 2.45) is 0 Å². The lowest BCUT2D eigenvalue weighted by molar-refractivity contribution is -0.138. The van der Waals surface area contributed by atoms with Crippen molar-refractivity contribution in [3.63, 3.8) is 0 Å². The number of hydrogen-bond donors (Lipinski definition) is 0. The summed E-state index contributed by atoms with van der Waals surface area (Å²) in [5.41, 5.74) is 2.27. The van der Waals surface area contributed by atoms with E-state index in [1.54, 1.807) is 55.3 Å². The predicted molar refractivity (Wildman–Crippen MR) is 106 cm³/mol. The van der Waals surface area contributed by atoms with Crippen LogP contribution in [0.25, 0.3) is 11.0 Å². The Kier molecular flexibility index (Phi) is 5.44. The Morgan fingerprint density at radius 2 is 1.82 bits per heavy atom. The number of hydrogen-bond acceptors (Lipinski definition) is 5. The number of likely N-dealkylation sites (N-methyl/N-ethyl adjacent to an activating group) is 1. The van der Waals surface area contributed by atoms with Gasteiger partial charge in [0.05, 0.1) is 17.1 Å². The number of ether oxygens (including phenoxy) is 1. The minimum atomic E-state index is -1.02. The van der Waals surface area contributed by atoms with Crippen molar-refractivity contribution in [3.8, 4) is 0 Å². The van der Waals surface area contributed by atoms with Crippen molar-refractivity contribution in [1.82, 2.24) is 19.7 Å². The van der Waals surface area contributed by atoms with Crippen LogP contribution in [0, 0.1) is 6.92 Å². The number of pyridine rings is 1. The Bertz CT molecular complexity index is 1010. The number of fused-ring (bicyclic) bond motifs is 1. The molecule has 7 nitrogen and oxygen atoms in total. The third-order valence-electron chi connectivity index (χ3n) is 4.40. The van der Waals surface area contributed by atoms with Crippen molar-refractivity contribution in [2.75, 3.05) is 14.1 Å². The van der Waals surface area contributed by atoms with E-state index >= 15 is 0 Å². The van der Waals surface area contributed by atoms with Gasteiger partial charge in [0.25, 0.3) is 5.91 Å². The molecule has 28 heavy (non-hydrogen) atoms. The Balaban J connectivity index is 2.02. The molecule has 1 atom stereocenters. The molecule has 7 heteroatoms. The summed E-state index contributed by atoms with van der Waals surface area (Å²) in [4.78, 5) is 31.6. The number of benzene rings is 1. The molecule has 0 aliphatic carbocycles. The largest absolute Gasteiger partial charge is 0.444 e. The van der Waals surface area contributed by atoms with Gasteiger partial charge in [-0.2, -0.15) is 5.10 Å². The zero-order valence-electron chi connectivity index (χ0n) is 16.7. The van der Waals surface area contributed by atoms with Gasteiger partial charge >= 0.3 is 5.97 Å². The summed E-state index contributed by atoms with van der Waals surface area (Å²) in [5, 5.41) is 4.96. The van der Waals surface area contributed by atoms with E-state index in [9.17, 15) is 9.59 Å². The highest BCUT2D eigenvalue weighted by atomic mass is 16.5. The zero-order valence-corrected chi connectivity index (χ0v) is 16.7. The van der Waals surface area contributed by atoms with E-state index in [1.165, 1.54) is 4.90 Å². The first-order valence-corrected chi connectivity index (χ1v) is 9.11. The summed E-state index contributed by atoms with van der Waals surface area (Å²) in [6.07, 6.45) is 0.594. The maximum Gasteiger partial charge on any atom is 0.340 e. The third-order valence-corrected chi connectivity index (χ3v) is 4.40. The Hall–Kier alpha value is -3.22. The molecule has 3 aromatic rings. The first kappa shape index (κ1) is 19.5. The summed E-state index contributed by atoms with van der Waals surface area (Å²) in [6.45, 7) is 5.80. The fourth-order valence-electron chi connectivity index (χ4n) is 2.98. The highest BCUT2D eigenvalue weighted by Crippen LogP contribution is 2.25. The lowest BCUT2D eigenvalue weighted by Crippen LogP contribution is -2.31. The van der Waals surface area contributed by atoms with Crippen LogP contribution in [0.4, 0.5) is 0 Å². The standard InChI is InChI=1S/C21H24N4O3/c1-13(2)25-19-17(12-22-25)16(11-14(3)23-19)21(27)28-18(20(26)24(4)5)15-9-7-6-8-10-15/h6-13,18H,1-5H3/t18-/m0/s1. The first-order valence-electron chi connectivity index (χ1n) is 9.11. The maximum atomic E-state index is 13.0. The van der Waals surface area contributed by atoms with Gasteiger partial charge in [-0.3, -0.25) is 4.79 Å². The summed E-state index contributed by atoms with van der Waals surface area (Å²) in [5.74, 6) is -0.887.